The summed E-state index contributed by atoms with van der Waals surface area (Å²) in [5, 5.41) is 36.5. The number of nitrogens with zero attached hydrogens (tertiary/aromatic N) is 9. The van der Waals surface area contributed by atoms with E-state index < -0.39 is 12.1 Å². The zero-order valence-corrected chi connectivity index (χ0v) is 16.5. The number of aliphatic hydroxyl groups is 2. The first-order chi connectivity index (χ1) is 13.3. The molecule has 1 fully saturated rings. The van der Waals surface area contributed by atoms with E-state index in [0.717, 1.165) is 5.69 Å². The summed E-state index contributed by atoms with van der Waals surface area (Å²) in [6.07, 6.45) is 1.64. The summed E-state index contributed by atoms with van der Waals surface area (Å²) < 4.78 is 3.38. The van der Waals surface area contributed by atoms with Crippen molar-refractivity contribution in [1.82, 2.24) is 40.0 Å². The van der Waals surface area contributed by atoms with E-state index in [1.54, 1.807) is 15.6 Å². The normalized spacial score (nSPS) is 20.4. The van der Waals surface area contributed by atoms with Crippen molar-refractivity contribution in [2.45, 2.75) is 51.3 Å². The first kappa shape index (κ1) is 18.7. The highest BCUT2D eigenvalue weighted by molar-refractivity contribution is 5.83. The van der Waals surface area contributed by atoms with Gasteiger partial charge in [0.2, 0.25) is 0 Å². The minimum Gasteiger partial charge on any atom is -0.394 e. The average molecular weight is 387 g/mol. The van der Waals surface area contributed by atoms with Gasteiger partial charge in [-0.25, -0.2) is 14.6 Å². The first-order valence-corrected chi connectivity index (χ1v) is 9.30. The molecule has 11 nitrogen and oxygen atoms in total. The lowest BCUT2D eigenvalue weighted by Crippen LogP contribution is -2.39. The zero-order valence-electron chi connectivity index (χ0n) is 16.5. The molecule has 4 heterocycles. The molecule has 0 aliphatic carbocycles. The summed E-state index contributed by atoms with van der Waals surface area (Å²) in [5.74, 6) is 1.25. The van der Waals surface area contributed by atoms with E-state index >= 15 is 0 Å². The van der Waals surface area contributed by atoms with Crippen LogP contribution >= 0.6 is 0 Å². The molecule has 150 valence electrons. The number of anilines is 1. The van der Waals surface area contributed by atoms with Gasteiger partial charge in [0.15, 0.2) is 17.0 Å². The van der Waals surface area contributed by atoms with E-state index in [1.807, 2.05) is 32.7 Å². The van der Waals surface area contributed by atoms with Crippen molar-refractivity contribution in [3.63, 3.8) is 0 Å². The largest absolute Gasteiger partial charge is 0.394 e. The fourth-order valence-electron chi connectivity index (χ4n) is 3.41. The number of hydrogen-bond donors (Lipinski definition) is 2. The quantitative estimate of drug-likeness (QED) is 0.615. The predicted molar refractivity (Wildman–Crippen MR) is 101 cm³/mol. The van der Waals surface area contributed by atoms with Crippen molar-refractivity contribution in [1.29, 1.82) is 0 Å². The van der Waals surface area contributed by atoms with Gasteiger partial charge in [-0.2, -0.15) is 0 Å². The summed E-state index contributed by atoms with van der Waals surface area (Å²) in [7, 11) is 1.82. The van der Waals surface area contributed by atoms with Crippen molar-refractivity contribution in [3.05, 3.63) is 17.7 Å². The summed E-state index contributed by atoms with van der Waals surface area (Å²) in [6, 6.07) is -0.419. The Hall–Kier alpha value is -2.66. The van der Waals surface area contributed by atoms with Gasteiger partial charge < -0.3 is 15.1 Å². The number of aryl methyl sites for hydroxylation is 1. The average Bonchev–Trinajstić information content (AvgIpc) is 3.33. The maximum absolute atomic E-state index is 10.2. The topological polar surface area (TPSA) is 131 Å². The van der Waals surface area contributed by atoms with Gasteiger partial charge in [0.25, 0.3) is 0 Å². The molecule has 0 bridgehead atoms. The van der Waals surface area contributed by atoms with Crippen LogP contribution in [0.15, 0.2) is 6.20 Å². The summed E-state index contributed by atoms with van der Waals surface area (Å²) in [6.45, 7) is 6.97. The molecule has 1 saturated heterocycles. The molecule has 0 aromatic carbocycles. The van der Waals surface area contributed by atoms with Crippen LogP contribution in [0.1, 0.15) is 38.7 Å². The molecule has 1 aliphatic heterocycles. The van der Waals surface area contributed by atoms with Crippen LogP contribution in [0.3, 0.4) is 0 Å². The molecule has 2 atom stereocenters. The standard InChI is InChI=1S/C17H25N9O2/c1-17(2,3)16-19-14(25-6-5-12(28)11(25)9-27)13-15(20-16)26(23-21-13)8-10-7-18-22-24(10)4/h7,11-12,27-28H,5-6,8-9H2,1-4H3. The second-order valence-corrected chi connectivity index (χ2v) is 8.19. The molecule has 1 aliphatic rings. The van der Waals surface area contributed by atoms with Crippen molar-refractivity contribution in [3.8, 4) is 0 Å². The molecule has 2 unspecified atom stereocenters. The van der Waals surface area contributed by atoms with Gasteiger partial charge in [-0.15, -0.1) is 10.2 Å². The van der Waals surface area contributed by atoms with Crippen LogP contribution in [0, 0.1) is 0 Å². The van der Waals surface area contributed by atoms with E-state index in [2.05, 4.69) is 20.6 Å². The first-order valence-electron chi connectivity index (χ1n) is 9.30. The third-order valence-electron chi connectivity index (χ3n) is 5.10. The van der Waals surface area contributed by atoms with Crippen LogP contribution in [0.25, 0.3) is 11.2 Å². The lowest BCUT2D eigenvalue weighted by atomic mass is 9.95. The van der Waals surface area contributed by atoms with Gasteiger partial charge in [0.1, 0.15) is 5.82 Å². The van der Waals surface area contributed by atoms with Crippen LogP contribution < -0.4 is 4.90 Å². The van der Waals surface area contributed by atoms with Gasteiger partial charge in [0, 0.05) is 19.0 Å². The Kier molecular flexibility index (Phi) is 4.50. The molecule has 0 saturated carbocycles. The molecule has 11 heteroatoms. The highest BCUT2D eigenvalue weighted by Crippen LogP contribution is 2.31. The maximum Gasteiger partial charge on any atom is 0.184 e. The minimum atomic E-state index is -0.608. The third-order valence-corrected chi connectivity index (χ3v) is 5.10. The molecule has 28 heavy (non-hydrogen) atoms. The van der Waals surface area contributed by atoms with Crippen molar-refractivity contribution < 1.29 is 10.2 Å². The fourth-order valence-corrected chi connectivity index (χ4v) is 3.41. The minimum absolute atomic E-state index is 0.160. The lowest BCUT2D eigenvalue weighted by Gasteiger charge is -2.27. The highest BCUT2D eigenvalue weighted by atomic mass is 16.3. The van der Waals surface area contributed by atoms with E-state index in [0.29, 0.717) is 42.3 Å². The third kappa shape index (κ3) is 3.10. The fraction of sp³-hybridized carbons (Fsp3) is 0.647. The summed E-state index contributed by atoms with van der Waals surface area (Å²) >= 11 is 0. The number of hydrogen-bond acceptors (Lipinski definition) is 9. The van der Waals surface area contributed by atoms with Crippen LogP contribution in [-0.2, 0) is 19.0 Å². The van der Waals surface area contributed by atoms with Crippen molar-refractivity contribution in [2.75, 3.05) is 18.1 Å². The number of aliphatic hydroxyl groups excluding tert-OH is 2. The van der Waals surface area contributed by atoms with E-state index in [9.17, 15) is 10.2 Å². The van der Waals surface area contributed by atoms with Gasteiger partial charge >= 0.3 is 0 Å². The molecule has 0 radical (unpaired) electrons. The monoisotopic (exact) mass is 387 g/mol. The molecular formula is C17H25N9O2. The van der Waals surface area contributed by atoms with Gasteiger partial charge in [-0.3, -0.25) is 4.68 Å². The Bertz CT molecular complexity index is 990. The van der Waals surface area contributed by atoms with Crippen molar-refractivity contribution >= 4 is 17.0 Å². The van der Waals surface area contributed by atoms with Gasteiger partial charge in [-0.1, -0.05) is 31.2 Å². The Morgan fingerprint density at radius 2 is 2.00 bits per heavy atom. The number of fused-ring (bicyclic) bond motifs is 1. The Labute approximate surface area is 162 Å². The summed E-state index contributed by atoms with van der Waals surface area (Å²) in [5.41, 5.74) is 1.73. The maximum atomic E-state index is 10.2. The molecule has 0 spiro atoms. The highest BCUT2D eigenvalue weighted by Gasteiger charge is 2.36. The van der Waals surface area contributed by atoms with E-state index in [1.165, 1.54) is 0 Å². The smallest absolute Gasteiger partial charge is 0.184 e. The van der Waals surface area contributed by atoms with Crippen LogP contribution in [0.2, 0.25) is 0 Å². The molecule has 0 amide bonds. The number of rotatable bonds is 4. The molecule has 4 rings (SSSR count). The van der Waals surface area contributed by atoms with Crippen LogP contribution in [0.5, 0.6) is 0 Å². The lowest BCUT2D eigenvalue weighted by molar-refractivity contribution is 0.128. The predicted octanol–water partition coefficient (Wildman–Crippen LogP) is -0.372. The Morgan fingerprint density at radius 3 is 2.64 bits per heavy atom. The zero-order chi connectivity index (χ0) is 20.1. The van der Waals surface area contributed by atoms with E-state index in [-0.39, 0.29) is 12.0 Å². The van der Waals surface area contributed by atoms with Gasteiger partial charge in [0.05, 0.1) is 37.2 Å². The summed E-state index contributed by atoms with van der Waals surface area (Å²) in [4.78, 5) is 11.4. The van der Waals surface area contributed by atoms with Gasteiger partial charge in [-0.05, 0) is 6.42 Å². The van der Waals surface area contributed by atoms with E-state index in [4.69, 9.17) is 9.97 Å². The Balaban J connectivity index is 1.86. The van der Waals surface area contributed by atoms with Crippen LogP contribution in [-0.4, -0.2) is 75.5 Å². The van der Waals surface area contributed by atoms with Crippen LogP contribution in [0.4, 0.5) is 5.82 Å². The second-order valence-electron chi connectivity index (χ2n) is 8.19. The molecular weight excluding hydrogens is 362 g/mol. The molecule has 3 aromatic heterocycles. The SMILES string of the molecule is Cn1nncc1Cn1nnc2c(N3CCC(O)C3CO)nc(C(C)(C)C)nc21. The Morgan fingerprint density at radius 1 is 1.21 bits per heavy atom. The van der Waals surface area contributed by atoms with Crippen molar-refractivity contribution in [2.24, 2.45) is 7.05 Å². The number of aromatic nitrogens is 8. The molecule has 2 N–H and O–H groups in total. The second kappa shape index (κ2) is 6.74. The molecule has 3 aromatic rings.